The molecule has 0 bridgehead atoms. The average molecular weight is 253 g/mol. The van der Waals surface area contributed by atoms with Crippen LogP contribution in [0.2, 0.25) is 0 Å². The van der Waals surface area contributed by atoms with Gasteiger partial charge < -0.3 is 10.6 Å². The van der Waals surface area contributed by atoms with Gasteiger partial charge in [0.25, 0.3) is 5.91 Å². The Morgan fingerprint density at radius 2 is 2.16 bits per heavy atom. The summed E-state index contributed by atoms with van der Waals surface area (Å²) in [5.41, 5.74) is 10.2. The third-order valence-electron chi connectivity index (χ3n) is 3.37. The summed E-state index contributed by atoms with van der Waals surface area (Å²) in [6, 6.07) is 7.59. The molecule has 0 saturated heterocycles. The van der Waals surface area contributed by atoms with Gasteiger partial charge in [-0.2, -0.15) is 0 Å². The molecule has 0 radical (unpaired) electrons. The van der Waals surface area contributed by atoms with Crippen LogP contribution in [0.25, 0.3) is 0 Å². The number of aromatic nitrogens is 1. The van der Waals surface area contributed by atoms with E-state index in [4.69, 9.17) is 5.73 Å². The second-order valence-corrected chi connectivity index (χ2v) is 4.85. The van der Waals surface area contributed by atoms with Crippen molar-refractivity contribution in [2.45, 2.75) is 13.3 Å². The topological polar surface area (TPSA) is 59.2 Å². The zero-order valence-electron chi connectivity index (χ0n) is 10.8. The van der Waals surface area contributed by atoms with E-state index in [0.29, 0.717) is 17.8 Å². The molecule has 3 rings (SSSR count). The molecule has 4 nitrogen and oxygen atoms in total. The van der Waals surface area contributed by atoms with E-state index < -0.39 is 0 Å². The molecule has 1 aliphatic rings. The van der Waals surface area contributed by atoms with E-state index in [-0.39, 0.29) is 5.91 Å². The number of carbonyl (C=O) groups excluding carboxylic acids is 1. The van der Waals surface area contributed by atoms with Crippen LogP contribution in [0.5, 0.6) is 0 Å². The van der Waals surface area contributed by atoms with Crippen LogP contribution in [-0.2, 0) is 6.42 Å². The van der Waals surface area contributed by atoms with E-state index >= 15 is 0 Å². The minimum absolute atomic E-state index is 0.0134. The van der Waals surface area contributed by atoms with Gasteiger partial charge in [0.1, 0.15) is 0 Å². The Morgan fingerprint density at radius 1 is 1.32 bits per heavy atom. The Kier molecular flexibility index (Phi) is 2.71. The monoisotopic (exact) mass is 253 g/mol. The summed E-state index contributed by atoms with van der Waals surface area (Å²) in [4.78, 5) is 18.4. The second kappa shape index (κ2) is 4.39. The van der Waals surface area contributed by atoms with Crippen molar-refractivity contribution < 1.29 is 4.79 Å². The van der Waals surface area contributed by atoms with Gasteiger partial charge in [0.05, 0.1) is 5.56 Å². The summed E-state index contributed by atoms with van der Waals surface area (Å²) in [7, 11) is 0. The van der Waals surface area contributed by atoms with E-state index in [1.807, 2.05) is 31.2 Å². The lowest BCUT2D eigenvalue weighted by atomic mass is 10.1. The fourth-order valence-electron chi connectivity index (χ4n) is 2.43. The van der Waals surface area contributed by atoms with Crippen molar-refractivity contribution in [3.63, 3.8) is 0 Å². The summed E-state index contributed by atoms with van der Waals surface area (Å²) in [6.45, 7) is 2.63. The standard InChI is InChI=1S/C15H15N3O/c1-10-6-12(9-17-8-10)15(19)18-5-4-11-2-3-13(16)7-14(11)18/h2-3,6-9H,4-5,16H2,1H3. The summed E-state index contributed by atoms with van der Waals surface area (Å²) in [6.07, 6.45) is 4.23. The maximum Gasteiger partial charge on any atom is 0.259 e. The van der Waals surface area contributed by atoms with E-state index in [1.54, 1.807) is 17.3 Å². The first-order chi connectivity index (χ1) is 9.15. The van der Waals surface area contributed by atoms with Crippen LogP contribution in [0.15, 0.2) is 36.7 Å². The number of nitrogens with two attached hydrogens (primary N) is 1. The predicted octanol–water partition coefficient (Wildman–Crippen LogP) is 2.18. The Bertz CT molecular complexity index is 652. The molecule has 1 aliphatic heterocycles. The SMILES string of the molecule is Cc1cncc(C(=O)N2CCc3ccc(N)cc32)c1. The van der Waals surface area contributed by atoms with Crippen LogP contribution in [0.3, 0.4) is 0 Å². The molecule has 0 fully saturated rings. The number of amides is 1. The van der Waals surface area contributed by atoms with E-state index in [9.17, 15) is 4.79 Å². The molecule has 2 aromatic rings. The van der Waals surface area contributed by atoms with Crippen LogP contribution >= 0.6 is 0 Å². The second-order valence-electron chi connectivity index (χ2n) is 4.85. The van der Waals surface area contributed by atoms with Gasteiger partial charge in [-0.1, -0.05) is 6.07 Å². The number of nitrogens with zero attached hydrogens (tertiary/aromatic N) is 2. The van der Waals surface area contributed by atoms with Crippen molar-refractivity contribution in [2.75, 3.05) is 17.2 Å². The summed E-state index contributed by atoms with van der Waals surface area (Å²) >= 11 is 0. The molecular formula is C15H15N3O. The van der Waals surface area contributed by atoms with Crippen LogP contribution in [-0.4, -0.2) is 17.4 Å². The smallest absolute Gasteiger partial charge is 0.259 e. The highest BCUT2D eigenvalue weighted by Crippen LogP contribution is 2.31. The summed E-state index contributed by atoms with van der Waals surface area (Å²) in [5, 5.41) is 0. The highest BCUT2D eigenvalue weighted by molar-refractivity contribution is 6.07. The minimum atomic E-state index is -0.0134. The lowest BCUT2D eigenvalue weighted by molar-refractivity contribution is 0.0989. The van der Waals surface area contributed by atoms with Crippen LogP contribution in [0.4, 0.5) is 11.4 Å². The van der Waals surface area contributed by atoms with Gasteiger partial charge in [0, 0.05) is 30.3 Å². The Morgan fingerprint density at radius 3 is 2.95 bits per heavy atom. The first-order valence-electron chi connectivity index (χ1n) is 6.27. The van der Waals surface area contributed by atoms with Crippen molar-refractivity contribution in [2.24, 2.45) is 0 Å². The number of rotatable bonds is 1. The van der Waals surface area contributed by atoms with E-state index in [1.165, 1.54) is 5.56 Å². The third kappa shape index (κ3) is 2.05. The molecule has 0 atom stereocenters. The molecule has 96 valence electrons. The number of carbonyl (C=O) groups is 1. The Balaban J connectivity index is 1.97. The zero-order valence-corrected chi connectivity index (χ0v) is 10.8. The van der Waals surface area contributed by atoms with Gasteiger partial charge in [-0.25, -0.2) is 0 Å². The molecule has 0 spiro atoms. The molecule has 2 heterocycles. The molecule has 0 unspecified atom stereocenters. The number of hydrogen-bond donors (Lipinski definition) is 1. The maximum absolute atomic E-state index is 12.5. The fourth-order valence-corrected chi connectivity index (χ4v) is 2.43. The molecule has 0 saturated carbocycles. The number of aryl methyl sites for hydroxylation is 1. The number of fused-ring (bicyclic) bond motifs is 1. The first kappa shape index (κ1) is 11.7. The van der Waals surface area contributed by atoms with Crippen LogP contribution in [0.1, 0.15) is 21.5 Å². The maximum atomic E-state index is 12.5. The minimum Gasteiger partial charge on any atom is -0.399 e. The van der Waals surface area contributed by atoms with Gasteiger partial charge in [-0.15, -0.1) is 0 Å². The molecule has 0 aliphatic carbocycles. The van der Waals surface area contributed by atoms with Crippen molar-refractivity contribution >= 4 is 17.3 Å². The molecular weight excluding hydrogens is 238 g/mol. The van der Waals surface area contributed by atoms with Gasteiger partial charge in [0.15, 0.2) is 0 Å². The molecule has 1 amide bonds. The normalized spacial score (nSPS) is 13.4. The van der Waals surface area contributed by atoms with Gasteiger partial charge in [-0.05, 0) is 42.7 Å². The summed E-state index contributed by atoms with van der Waals surface area (Å²) in [5.74, 6) is -0.0134. The van der Waals surface area contributed by atoms with Gasteiger partial charge in [-0.3, -0.25) is 9.78 Å². The van der Waals surface area contributed by atoms with Crippen LogP contribution < -0.4 is 10.6 Å². The quantitative estimate of drug-likeness (QED) is 0.792. The number of nitrogen functional groups attached to an aromatic ring is 1. The van der Waals surface area contributed by atoms with Gasteiger partial charge in [0.2, 0.25) is 0 Å². The Hall–Kier alpha value is -2.36. The highest BCUT2D eigenvalue weighted by atomic mass is 16.2. The molecule has 1 aromatic carbocycles. The average Bonchev–Trinajstić information content (AvgIpc) is 2.80. The highest BCUT2D eigenvalue weighted by Gasteiger charge is 2.25. The fraction of sp³-hybridized carbons (Fsp3) is 0.200. The van der Waals surface area contributed by atoms with Crippen LogP contribution in [0, 0.1) is 6.92 Å². The number of anilines is 2. The molecule has 19 heavy (non-hydrogen) atoms. The summed E-state index contributed by atoms with van der Waals surface area (Å²) < 4.78 is 0. The molecule has 4 heteroatoms. The van der Waals surface area contributed by atoms with E-state index in [0.717, 1.165) is 17.7 Å². The largest absolute Gasteiger partial charge is 0.399 e. The van der Waals surface area contributed by atoms with Gasteiger partial charge >= 0.3 is 0 Å². The third-order valence-corrected chi connectivity index (χ3v) is 3.37. The van der Waals surface area contributed by atoms with E-state index in [2.05, 4.69) is 4.98 Å². The van der Waals surface area contributed by atoms with Crippen molar-refractivity contribution in [3.8, 4) is 0 Å². The van der Waals surface area contributed by atoms with Crippen molar-refractivity contribution in [1.82, 2.24) is 4.98 Å². The van der Waals surface area contributed by atoms with Crippen molar-refractivity contribution in [3.05, 3.63) is 53.3 Å². The lowest BCUT2D eigenvalue weighted by Gasteiger charge is -2.17. The molecule has 2 N–H and O–H groups in total. The lowest BCUT2D eigenvalue weighted by Crippen LogP contribution is -2.29. The molecule has 1 aromatic heterocycles. The predicted molar refractivity (Wildman–Crippen MR) is 75.2 cm³/mol. The number of benzene rings is 1. The Labute approximate surface area is 111 Å². The number of hydrogen-bond acceptors (Lipinski definition) is 3. The zero-order chi connectivity index (χ0) is 13.4. The first-order valence-corrected chi connectivity index (χ1v) is 6.27. The number of pyridine rings is 1. The van der Waals surface area contributed by atoms with Crippen molar-refractivity contribution in [1.29, 1.82) is 0 Å².